The Morgan fingerprint density at radius 1 is 0.519 bits per heavy atom. The molecule has 442 valence electrons. The molecule has 8 atom stereocenters. The van der Waals surface area contributed by atoms with Gasteiger partial charge in [0.15, 0.2) is 12.4 Å². The standard InChI is InChI=1S/C66H113NO10/c1-4-7-10-13-16-19-22-24-25-26-27-28-29-30-31-32-33-34-35-37-39-42-45-48-51-54-61(71)77-64-63(73)62(72)60(55-68)76-66(64)75-56-57(58(69)52-49-46-43-41-38-36-23-20-17-14-11-8-5-2)67-65(74)59(70)53-50-47-44-40-21-18-15-12-9-6-3/h7,10,15-16,18-19,24-25,27-28,30-31,33-34,49,52,57-60,62-64,66,68-70,72-73H,4-6,8-9,11-14,17,20-23,26,29,32,35-48,50-51,53-56H2,1-3H3,(H,67,74)/b10-7-,18-15-,19-16-,25-24-,28-27-,31-30-,34-33-,52-49+. The highest BCUT2D eigenvalue weighted by molar-refractivity contribution is 5.80. The molecule has 0 aliphatic carbocycles. The van der Waals surface area contributed by atoms with Crippen LogP contribution in [0.5, 0.6) is 0 Å². The first-order valence-electron chi connectivity index (χ1n) is 31.0. The fraction of sp³-hybridized carbons (Fsp3) is 0.727. The van der Waals surface area contributed by atoms with Crippen LogP contribution < -0.4 is 5.32 Å². The lowest BCUT2D eigenvalue weighted by atomic mass is 9.99. The predicted octanol–water partition coefficient (Wildman–Crippen LogP) is 14.7. The normalized spacial score (nSPS) is 19.7. The van der Waals surface area contributed by atoms with E-state index < -0.39 is 67.4 Å². The summed E-state index contributed by atoms with van der Waals surface area (Å²) < 4.78 is 17.6. The molecule has 6 N–H and O–H groups in total. The number of unbranched alkanes of at least 4 members (excludes halogenated alkanes) is 23. The maximum absolute atomic E-state index is 13.4. The Morgan fingerprint density at radius 2 is 0.948 bits per heavy atom. The van der Waals surface area contributed by atoms with E-state index in [-0.39, 0.29) is 19.4 Å². The second kappa shape index (κ2) is 53.2. The molecule has 0 radical (unpaired) electrons. The van der Waals surface area contributed by atoms with E-state index in [1.807, 2.05) is 6.08 Å². The number of hydrogen-bond acceptors (Lipinski definition) is 10. The molecule has 77 heavy (non-hydrogen) atoms. The summed E-state index contributed by atoms with van der Waals surface area (Å²) in [6.07, 6.45) is 60.2. The van der Waals surface area contributed by atoms with E-state index in [0.717, 1.165) is 128 Å². The van der Waals surface area contributed by atoms with Crippen molar-refractivity contribution >= 4 is 11.9 Å². The minimum absolute atomic E-state index is 0.100. The first-order chi connectivity index (χ1) is 37.7. The topological polar surface area (TPSA) is 175 Å². The van der Waals surface area contributed by atoms with Gasteiger partial charge in [0.2, 0.25) is 5.91 Å². The molecule has 1 aliphatic rings. The molecule has 1 rings (SSSR count). The van der Waals surface area contributed by atoms with Crippen LogP contribution in [0.15, 0.2) is 97.2 Å². The molecule has 1 saturated heterocycles. The fourth-order valence-corrected chi connectivity index (χ4v) is 9.05. The van der Waals surface area contributed by atoms with Crippen molar-refractivity contribution < 1.29 is 49.3 Å². The minimum atomic E-state index is -1.63. The smallest absolute Gasteiger partial charge is 0.306 e. The molecule has 1 amide bonds. The third kappa shape index (κ3) is 41.3. The van der Waals surface area contributed by atoms with Crippen molar-refractivity contribution in [3.63, 3.8) is 0 Å². The van der Waals surface area contributed by atoms with Crippen LogP contribution in [0.2, 0.25) is 0 Å². The summed E-state index contributed by atoms with van der Waals surface area (Å²) in [7, 11) is 0. The van der Waals surface area contributed by atoms with Gasteiger partial charge in [0.25, 0.3) is 0 Å². The van der Waals surface area contributed by atoms with Gasteiger partial charge in [-0.1, -0.05) is 240 Å². The number of aliphatic hydroxyl groups excluding tert-OH is 5. The summed E-state index contributed by atoms with van der Waals surface area (Å²) >= 11 is 0. The Labute approximate surface area is 469 Å². The SMILES string of the molecule is CC/C=C\C/C=C\C/C=C\C/C=C\C/C=C\C/C=C\CCCCCCCCC(=O)OC1C(OCC(NC(=O)C(O)CCCCCC/C=C\CCCC)C(O)/C=C/CCCCCCCCCCCCC)OC(CO)C(O)C1O. The second-order valence-electron chi connectivity index (χ2n) is 21.0. The van der Waals surface area contributed by atoms with Crippen LogP contribution in [0.4, 0.5) is 0 Å². The van der Waals surface area contributed by atoms with E-state index in [2.05, 4.69) is 111 Å². The Balaban J connectivity index is 2.63. The third-order valence-corrected chi connectivity index (χ3v) is 14.0. The van der Waals surface area contributed by atoms with E-state index in [1.165, 1.54) is 70.6 Å². The monoisotopic (exact) mass is 1080 g/mol. The maximum Gasteiger partial charge on any atom is 0.306 e. The van der Waals surface area contributed by atoms with Gasteiger partial charge in [-0.15, -0.1) is 0 Å². The Bertz CT molecular complexity index is 1620. The molecular formula is C66H113NO10. The van der Waals surface area contributed by atoms with Gasteiger partial charge in [-0.3, -0.25) is 9.59 Å². The Kier molecular flexibility index (Phi) is 49.5. The summed E-state index contributed by atoms with van der Waals surface area (Å²) in [6, 6.07) is -1.03. The van der Waals surface area contributed by atoms with Gasteiger partial charge in [0.1, 0.15) is 24.4 Å². The van der Waals surface area contributed by atoms with Gasteiger partial charge in [-0.2, -0.15) is 0 Å². The fourth-order valence-electron chi connectivity index (χ4n) is 9.05. The molecule has 0 aromatic rings. The molecule has 0 aromatic heterocycles. The number of carbonyl (C=O) groups excluding carboxylic acids is 2. The van der Waals surface area contributed by atoms with Gasteiger partial charge in [-0.25, -0.2) is 0 Å². The van der Waals surface area contributed by atoms with Gasteiger partial charge in [-0.05, 0) is 96.3 Å². The number of allylic oxidation sites excluding steroid dienone is 15. The third-order valence-electron chi connectivity index (χ3n) is 14.0. The summed E-state index contributed by atoms with van der Waals surface area (Å²) in [6.45, 7) is 5.60. The zero-order chi connectivity index (χ0) is 56.1. The van der Waals surface area contributed by atoms with Crippen molar-refractivity contribution in [2.75, 3.05) is 13.2 Å². The summed E-state index contributed by atoms with van der Waals surface area (Å²) in [4.78, 5) is 26.5. The van der Waals surface area contributed by atoms with Crippen LogP contribution in [0.3, 0.4) is 0 Å². The summed E-state index contributed by atoms with van der Waals surface area (Å²) in [5.74, 6) is -1.23. The van der Waals surface area contributed by atoms with Crippen molar-refractivity contribution in [1.29, 1.82) is 0 Å². The Hall–Kier alpha value is -3.42. The first-order valence-corrected chi connectivity index (χ1v) is 31.0. The van der Waals surface area contributed by atoms with Crippen molar-refractivity contribution in [2.24, 2.45) is 0 Å². The average molecular weight is 1080 g/mol. The van der Waals surface area contributed by atoms with E-state index in [4.69, 9.17) is 14.2 Å². The number of esters is 1. The van der Waals surface area contributed by atoms with Gasteiger partial charge < -0.3 is 45.1 Å². The lowest BCUT2D eigenvalue weighted by Crippen LogP contribution is -2.61. The highest BCUT2D eigenvalue weighted by atomic mass is 16.7. The summed E-state index contributed by atoms with van der Waals surface area (Å²) in [5.41, 5.74) is 0. The van der Waals surface area contributed by atoms with Crippen molar-refractivity contribution in [1.82, 2.24) is 5.32 Å². The molecule has 0 saturated carbocycles. The van der Waals surface area contributed by atoms with E-state index >= 15 is 0 Å². The number of rotatable bonds is 51. The van der Waals surface area contributed by atoms with Gasteiger partial charge in [0, 0.05) is 6.42 Å². The number of hydrogen-bond donors (Lipinski definition) is 6. The molecule has 8 unspecified atom stereocenters. The van der Waals surface area contributed by atoms with Crippen LogP contribution in [0, 0.1) is 0 Å². The van der Waals surface area contributed by atoms with Crippen molar-refractivity contribution in [2.45, 2.75) is 294 Å². The molecule has 0 spiro atoms. The molecule has 11 heteroatoms. The average Bonchev–Trinajstić information content (AvgIpc) is 3.43. The van der Waals surface area contributed by atoms with E-state index in [9.17, 15) is 35.1 Å². The Morgan fingerprint density at radius 3 is 1.45 bits per heavy atom. The highest BCUT2D eigenvalue weighted by Crippen LogP contribution is 2.26. The number of ether oxygens (including phenoxy) is 3. The maximum atomic E-state index is 13.4. The molecule has 1 aliphatic heterocycles. The van der Waals surface area contributed by atoms with Crippen LogP contribution in [0.1, 0.15) is 245 Å². The molecule has 1 heterocycles. The number of nitrogens with one attached hydrogen (secondary N) is 1. The number of carbonyl (C=O) groups is 2. The first kappa shape index (κ1) is 71.6. The quantitative estimate of drug-likeness (QED) is 0.0195. The molecule has 0 aromatic carbocycles. The lowest BCUT2D eigenvalue weighted by Gasteiger charge is -2.41. The van der Waals surface area contributed by atoms with Crippen LogP contribution in [-0.4, -0.2) is 99.6 Å². The largest absolute Gasteiger partial charge is 0.454 e. The predicted molar refractivity (Wildman–Crippen MR) is 319 cm³/mol. The van der Waals surface area contributed by atoms with Gasteiger partial charge in [0.05, 0.1) is 25.4 Å². The summed E-state index contributed by atoms with van der Waals surface area (Å²) in [5, 5.41) is 56.9. The highest BCUT2D eigenvalue weighted by Gasteiger charge is 2.47. The lowest BCUT2D eigenvalue weighted by molar-refractivity contribution is -0.305. The van der Waals surface area contributed by atoms with Crippen molar-refractivity contribution in [3.05, 3.63) is 97.2 Å². The van der Waals surface area contributed by atoms with Crippen LogP contribution in [-0.2, 0) is 23.8 Å². The molecule has 0 bridgehead atoms. The number of amides is 1. The van der Waals surface area contributed by atoms with Crippen LogP contribution in [0.25, 0.3) is 0 Å². The van der Waals surface area contributed by atoms with E-state index in [0.29, 0.717) is 12.8 Å². The molecule has 1 fully saturated rings. The number of aliphatic hydroxyl groups is 5. The zero-order valence-corrected chi connectivity index (χ0v) is 48.8. The minimum Gasteiger partial charge on any atom is -0.454 e. The van der Waals surface area contributed by atoms with Gasteiger partial charge >= 0.3 is 5.97 Å². The van der Waals surface area contributed by atoms with Crippen LogP contribution >= 0.6 is 0 Å². The zero-order valence-electron chi connectivity index (χ0n) is 48.8. The molecular weight excluding hydrogens is 967 g/mol. The molecule has 11 nitrogen and oxygen atoms in total. The van der Waals surface area contributed by atoms with E-state index in [1.54, 1.807) is 6.08 Å². The second-order valence-corrected chi connectivity index (χ2v) is 21.0. The van der Waals surface area contributed by atoms with Crippen molar-refractivity contribution in [3.8, 4) is 0 Å².